The van der Waals surface area contributed by atoms with Crippen LogP contribution in [0.1, 0.15) is 0 Å². The molecule has 0 aliphatic heterocycles. The topological polar surface area (TPSA) is 63.1 Å². The van der Waals surface area contributed by atoms with Crippen molar-refractivity contribution < 1.29 is 4.42 Å². The molecule has 0 fully saturated rings. The molecule has 0 aliphatic rings. The van der Waals surface area contributed by atoms with Crippen molar-refractivity contribution in [2.45, 2.75) is 0 Å². The van der Waals surface area contributed by atoms with Crippen molar-refractivity contribution in [2.75, 3.05) is 0 Å². The van der Waals surface area contributed by atoms with Crippen LogP contribution in [0.5, 0.6) is 0 Å². The molecule has 0 amide bonds. The SMILES string of the molecule is O=c1[nH]c2cc(-c3ccc(Cl)cc3)sc2c(=O)o1. The highest BCUT2D eigenvalue weighted by Crippen LogP contribution is 2.30. The van der Waals surface area contributed by atoms with Gasteiger partial charge < -0.3 is 4.42 Å². The van der Waals surface area contributed by atoms with E-state index in [2.05, 4.69) is 9.40 Å². The second-order valence-electron chi connectivity index (χ2n) is 3.66. The number of fused-ring (bicyclic) bond motifs is 1. The second-order valence-corrected chi connectivity index (χ2v) is 5.15. The third-order valence-electron chi connectivity index (χ3n) is 2.47. The molecule has 3 rings (SSSR count). The monoisotopic (exact) mass is 279 g/mol. The third kappa shape index (κ3) is 1.87. The Balaban J connectivity index is 2.25. The Labute approximate surface area is 109 Å². The summed E-state index contributed by atoms with van der Waals surface area (Å²) in [6.45, 7) is 0. The van der Waals surface area contributed by atoms with Gasteiger partial charge in [-0.15, -0.1) is 11.3 Å². The third-order valence-corrected chi connectivity index (χ3v) is 3.88. The molecule has 2 heterocycles. The maximum absolute atomic E-state index is 11.5. The maximum Gasteiger partial charge on any atom is 0.419 e. The maximum atomic E-state index is 11.5. The number of halogens is 1. The molecule has 0 saturated carbocycles. The van der Waals surface area contributed by atoms with Gasteiger partial charge in [-0.05, 0) is 23.8 Å². The van der Waals surface area contributed by atoms with Gasteiger partial charge in [-0.25, -0.2) is 9.59 Å². The molecule has 6 heteroatoms. The average Bonchev–Trinajstić information content (AvgIpc) is 2.74. The largest absolute Gasteiger partial charge is 0.419 e. The van der Waals surface area contributed by atoms with Gasteiger partial charge >= 0.3 is 11.4 Å². The summed E-state index contributed by atoms with van der Waals surface area (Å²) in [5.41, 5.74) is 0.811. The van der Waals surface area contributed by atoms with Crippen molar-refractivity contribution in [3.63, 3.8) is 0 Å². The predicted molar refractivity (Wildman–Crippen MR) is 71.4 cm³/mol. The molecule has 90 valence electrons. The molecule has 1 N–H and O–H groups in total. The summed E-state index contributed by atoms with van der Waals surface area (Å²) < 4.78 is 4.88. The smallest absolute Gasteiger partial charge is 0.372 e. The van der Waals surface area contributed by atoms with Crippen molar-refractivity contribution in [1.29, 1.82) is 0 Å². The lowest BCUT2D eigenvalue weighted by molar-refractivity contribution is 0.461. The first kappa shape index (κ1) is 11.3. The zero-order valence-corrected chi connectivity index (χ0v) is 10.5. The number of hydrogen-bond donors (Lipinski definition) is 1. The summed E-state index contributed by atoms with van der Waals surface area (Å²) in [5, 5.41) is 0.646. The Morgan fingerprint density at radius 3 is 2.61 bits per heavy atom. The van der Waals surface area contributed by atoms with Crippen LogP contribution in [0.25, 0.3) is 20.7 Å². The molecule has 18 heavy (non-hydrogen) atoms. The summed E-state index contributed by atoms with van der Waals surface area (Å²) >= 11 is 7.09. The van der Waals surface area contributed by atoms with E-state index in [0.717, 1.165) is 10.4 Å². The first-order chi connectivity index (χ1) is 8.63. The molecule has 1 aromatic carbocycles. The zero-order valence-electron chi connectivity index (χ0n) is 8.90. The van der Waals surface area contributed by atoms with E-state index in [1.54, 1.807) is 18.2 Å². The molecule has 0 radical (unpaired) electrons. The van der Waals surface area contributed by atoms with E-state index >= 15 is 0 Å². The molecule has 0 spiro atoms. The molecule has 0 saturated heterocycles. The van der Waals surface area contributed by atoms with E-state index in [4.69, 9.17) is 11.6 Å². The van der Waals surface area contributed by atoms with Crippen molar-refractivity contribution in [3.05, 3.63) is 56.3 Å². The number of thiophene rings is 1. The van der Waals surface area contributed by atoms with E-state index in [1.165, 1.54) is 11.3 Å². The van der Waals surface area contributed by atoms with Gasteiger partial charge in [-0.1, -0.05) is 23.7 Å². The van der Waals surface area contributed by atoms with Crippen LogP contribution >= 0.6 is 22.9 Å². The lowest BCUT2D eigenvalue weighted by Gasteiger charge is -1.95. The number of benzene rings is 1. The molecule has 0 bridgehead atoms. The fraction of sp³-hybridized carbons (Fsp3) is 0. The highest BCUT2D eigenvalue weighted by atomic mass is 35.5. The summed E-state index contributed by atoms with van der Waals surface area (Å²) in [6, 6.07) is 9.00. The molecule has 0 unspecified atom stereocenters. The molecule has 0 aliphatic carbocycles. The van der Waals surface area contributed by atoms with Gasteiger partial charge in [0.2, 0.25) is 0 Å². The number of nitrogens with one attached hydrogen (secondary N) is 1. The Morgan fingerprint density at radius 2 is 1.89 bits per heavy atom. The van der Waals surface area contributed by atoms with Crippen LogP contribution in [0.4, 0.5) is 0 Å². The Bertz CT molecular complexity index is 829. The summed E-state index contributed by atoms with van der Waals surface area (Å²) in [7, 11) is 0. The molecular weight excluding hydrogens is 274 g/mol. The minimum Gasteiger partial charge on any atom is -0.372 e. The van der Waals surface area contributed by atoms with Crippen LogP contribution in [0.15, 0.2) is 44.3 Å². The van der Waals surface area contributed by atoms with Crippen molar-refractivity contribution in [1.82, 2.24) is 4.98 Å². The highest BCUT2D eigenvalue weighted by molar-refractivity contribution is 7.22. The number of H-pyrrole nitrogens is 1. The van der Waals surface area contributed by atoms with E-state index < -0.39 is 11.4 Å². The lowest BCUT2D eigenvalue weighted by atomic mass is 10.2. The second kappa shape index (κ2) is 4.12. The van der Waals surface area contributed by atoms with Gasteiger partial charge in [-0.3, -0.25) is 4.98 Å². The van der Waals surface area contributed by atoms with Gasteiger partial charge in [0.15, 0.2) is 0 Å². The van der Waals surface area contributed by atoms with Gasteiger partial charge in [0.1, 0.15) is 4.70 Å². The molecule has 0 atom stereocenters. The van der Waals surface area contributed by atoms with Crippen LogP contribution < -0.4 is 11.4 Å². The Hall–Kier alpha value is -1.85. The van der Waals surface area contributed by atoms with E-state index in [1.807, 2.05) is 12.1 Å². The van der Waals surface area contributed by atoms with Crippen molar-refractivity contribution >= 4 is 33.2 Å². The van der Waals surface area contributed by atoms with Crippen LogP contribution in [0, 0.1) is 0 Å². The number of aromatic amines is 1. The van der Waals surface area contributed by atoms with Crippen LogP contribution in [-0.2, 0) is 0 Å². The van der Waals surface area contributed by atoms with Crippen molar-refractivity contribution in [3.8, 4) is 10.4 Å². The van der Waals surface area contributed by atoms with E-state index in [-0.39, 0.29) is 0 Å². The number of hydrogen-bond acceptors (Lipinski definition) is 4. The van der Waals surface area contributed by atoms with Gasteiger partial charge in [0.25, 0.3) is 0 Å². The summed E-state index contributed by atoms with van der Waals surface area (Å²) in [4.78, 5) is 25.9. The Kier molecular flexibility index (Phi) is 2.57. The first-order valence-corrected chi connectivity index (χ1v) is 6.26. The molecule has 2 aromatic heterocycles. The standard InChI is InChI=1S/C12H6ClNO3S/c13-7-3-1-6(2-4-7)9-5-8-10(18-9)11(15)17-12(16)14-8/h1-5H,(H,14,16). The minimum absolute atomic E-state index is 0.402. The summed E-state index contributed by atoms with van der Waals surface area (Å²) in [5.74, 6) is -0.743. The Morgan fingerprint density at radius 1 is 1.17 bits per heavy atom. The van der Waals surface area contributed by atoms with Gasteiger partial charge in [0, 0.05) is 9.90 Å². The first-order valence-electron chi connectivity index (χ1n) is 5.06. The average molecular weight is 280 g/mol. The highest BCUT2D eigenvalue weighted by Gasteiger charge is 2.09. The fourth-order valence-corrected chi connectivity index (χ4v) is 2.78. The van der Waals surface area contributed by atoms with Crippen LogP contribution in [0.3, 0.4) is 0 Å². The minimum atomic E-state index is -0.743. The van der Waals surface area contributed by atoms with E-state index in [9.17, 15) is 9.59 Å². The number of rotatable bonds is 1. The molecule has 4 nitrogen and oxygen atoms in total. The van der Waals surface area contributed by atoms with Gasteiger partial charge in [0.05, 0.1) is 5.52 Å². The fourth-order valence-electron chi connectivity index (χ4n) is 1.66. The quantitative estimate of drug-likeness (QED) is 0.745. The summed E-state index contributed by atoms with van der Waals surface area (Å²) in [6.07, 6.45) is 0. The van der Waals surface area contributed by atoms with Gasteiger partial charge in [-0.2, -0.15) is 0 Å². The van der Waals surface area contributed by atoms with Crippen molar-refractivity contribution in [2.24, 2.45) is 0 Å². The molecular formula is C12H6ClNO3S. The predicted octanol–water partition coefficient (Wildman–Crippen LogP) is 2.86. The molecule has 3 aromatic rings. The number of aromatic nitrogens is 1. The normalized spacial score (nSPS) is 10.9. The lowest BCUT2D eigenvalue weighted by Crippen LogP contribution is -2.12. The van der Waals surface area contributed by atoms with Crippen LogP contribution in [-0.4, -0.2) is 4.98 Å². The zero-order chi connectivity index (χ0) is 12.7. The van der Waals surface area contributed by atoms with Crippen LogP contribution in [0.2, 0.25) is 5.02 Å². The van der Waals surface area contributed by atoms with E-state index in [0.29, 0.717) is 15.2 Å².